The summed E-state index contributed by atoms with van der Waals surface area (Å²) in [5, 5.41) is 14.4. The van der Waals surface area contributed by atoms with Crippen molar-refractivity contribution in [2.45, 2.75) is 26.3 Å². The van der Waals surface area contributed by atoms with Crippen LogP contribution >= 0.6 is 0 Å². The number of rotatable bonds is 7. The van der Waals surface area contributed by atoms with Gasteiger partial charge in [0.2, 0.25) is 5.88 Å². The van der Waals surface area contributed by atoms with E-state index in [4.69, 9.17) is 4.74 Å². The van der Waals surface area contributed by atoms with Crippen molar-refractivity contribution in [3.8, 4) is 11.6 Å². The molecule has 1 aliphatic carbocycles. The SMILES string of the molecule is CC1(C)C(=O)C=C1N[C@@H](Cc1ccc(Oc2nccc3ccncc23)cc1)C(=O)O. The zero-order valence-corrected chi connectivity index (χ0v) is 16.6. The summed E-state index contributed by atoms with van der Waals surface area (Å²) >= 11 is 0. The van der Waals surface area contributed by atoms with Gasteiger partial charge in [-0.2, -0.15) is 0 Å². The predicted molar refractivity (Wildman–Crippen MR) is 111 cm³/mol. The van der Waals surface area contributed by atoms with Crippen molar-refractivity contribution in [2.75, 3.05) is 0 Å². The van der Waals surface area contributed by atoms with Crippen LogP contribution in [0, 0.1) is 5.41 Å². The standard InChI is InChI=1S/C23H21N3O4/c1-23(2)19(12-20(23)27)26-18(22(28)29)11-14-3-5-16(6-4-14)30-21-17-13-24-9-7-15(17)8-10-25-21/h3-10,12-13,18,26H,11H2,1-2H3,(H,28,29)/t18-/m0/s1. The van der Waals surface area contributed by atoms with Gasteiger partial charge in [0.25, 0.3) is 0 Å². The number of allylic oxidation sites excluding steroid dienone is 2. The van der Waals surface area contributed by atoms with Gasteiger partial charge >= 0.3 is 5.97 Å². The molecule has 30 heavy (non-hydrogen) atoms. The lowest BCUT2D eigenvalue weighted by atomic mass is 9.74. The Morgan fingerprint density at radius 2 is 1.90 bits per heavy atom. The van der Waals surface area contributed by atoms with E-state index in [0.717, 1.165) is 16.3 Å². The van der Waals surface area contributed by atoms with E-state index in [1.54, 1.807) is 44.6 Å². The molecule has 2 heterocycles. The summed E-state index contributed by atoms with van der Waals surface area (Å²) in [4.78, 5) is 31.7. The second-order valence-electron chi connectivity index (χ2n) is 7.75. The third kappa shape index (κ3) is 3.74. The summed E-state index contributed by atoms with van der Waals surface area (Å²) in [6, 6.07) is 10.1. The summed E-state index contributed by atoms with van der Waals surface area (Å²) in [5.74, 6) is 0.0739. The van der Waals surface area contributed by atoms with Crippen LogP contribution in [0.2, 0.25) is 0 Å². The third-order valence-corrected chi connectivity index (χ3v) is 5.30. The van der Waals surface area contributed by atoms with E-state index in [2.05, 4.69) is 15.3 Å². The maximum absolute atomic E-state index is 11.7. The fourth-order valence-corrected chi connectivity index (χ4v) is 3.26. The molecular weight excluding hydrogens is 382 g/mol. The highest BCUT2D eigenvalue weighted by Gasteiger charge is 2.40. The quantitative estimate of drug-likeness (QED) is 0.622. The van der Waals surface area contributed by atoms with Gasteiger partial charge in [-0.05, 0) is 49.1 Å². The Morgan fingerprint density at radius 1 is 1.17 bits per heavy atom. The second-order valence-corrected chi connectivity index (χ2v) is 7.75. The summed E-state index contributed by atoms with van der Waals surface area (Å²) < 4.78 is 5.90. The summed E-state index contributed by atoms with van der Waals surface area (Å²) in [5.41, 5.74) is 0.820. The van der Waals surface area contributed by atoms with Crippen molar-refractivity contribution in [2.24, 2.45) is 5.41 Å². The highest BCUT2D eigenvalue weighted by atomic mass is 16.5. The van der Waals surface area contributed by atoms with Crippen LogP contribution in [0.5, 0.6) is 11.6 Å². The van der Waals surface area contributed by atoms with Gasteiger partial charge in [-0.15, -0.1) is 0 Å². The Morgan fingerprint density at radius 3 is 2.57 bits per heavy atom. The largest absolute Gasteiger partial charge is 0.480 e. The molecule has 7 nitrogen and oxygen atoms in total. The van der Waals surface area contributed by atoms with Crippen molar-refractivity contribution in [1.82, 2.24) is 15.3 Å². The fourth-order valence-electron chi connectivity index (χ4n) is 3.26. The van der Waals surface area contributed by atoms with Gasteiger partial charge in [0.15, 0.2) is 5.78 Å². The zero-order chi connectivity index (χ0) is 21.3. The highest BCUT2D eigenvalue weighted by molar-refractivity contribution is 6.04. The smallest absolute Gasteiger partial charge is 0.326 e. The number of ether oxygens (including phenoxy) is 1. The van der Waals surface area contributed by atoms with Crippen LogP contribution < -0.4 is 10.1 Å². The number of ketones is 1. The predicted octanol–water partition coefficient (Wildman–Crippen LogP) is 3.50. The number of aromatic nitrogens is 2. The van der Waals surface area contributed by atoms with E-state index in [9.17, 15) is 14.7 Å². The number of carbonyl (C=O) groups excluding carboxylic acids is 1. The molecule has 7 heteroatoms. The molecule has 0 fully saturated rings. The maximum Gasteiger partial charge on any atom is 0.326 e. The molecule has 4 rings (SSSR count). The number of carboxylic acid groups (broad SMARTS) is 1. The van der Waals surface area contributed by atoms with Gasteiger partial charge in [-0.25, -0.2) is 9.78 Å². The Kier molecular flexibility index (Phi) is 4.95. The monoisotopic (exact) mass is 403 g/mol. The van der Waals surface area contributed by atoms with Crippen molar-refractivity contribution >= 4 is 22.5 Å². The Bertz CT molecular complexity index is 1150. The highest BCUT2D eigenvalue weighted by Crippen LogP contribution is 2.35. The minimum absolute atomic E-state index is 0.00659. The number of nitrogens with one attached hydrogen (secondary N) is 1. The molecule has 0 aliphatic heterocycles. The fraction of sp³-hybridized carbons (Fsp3) is 0.217. The Labute approximate surface area is 173 Å². The number of hydrogen-bond acceptors (Lipinski definition) is 6. The molecule has 0 amide bonds. The summed E-state index contributed by atoms with van der Waals surface area (Å²) in [7, 11) is 0. The van der Waals surface area contributed by atoms with Gasteiger partial charge in [0.05, 0.1) is 10.8 Å². The molecule has 3 aromatic rings. The molecule has 0 saturated heterocycles. The first kappa shape index (κ1) is 19.6. The van der Waals surface area contributed by atoms with E-state index in [0.29, 0.717) is 17.3 Å². The molecule has 0 spiro atoms. The summed E-state index contributed by atoms with van der Waals surface area (Å²) in [6.07, 6.45) is 6.82. The molecule has 0 radical (unpaired) electrons. The Hall–Kier alpha value is -3.74. The number of carboxylic acids is 1. The first-order chi connectivity index (χ1) is 14.3. The average molecular weight is 403 g/mol. The van der Waals surface area contributed by atoms with Crippen molar-refractivity contribution in [3.05, 3.63) is 72.3 Å². The molecule has 1 aliphatic rings. The molecule has 0 bridgehead atoms. The molecule has 1 atom stereocenters. The van der Waals surface area contributed by atoms with E-state index < -0.39 is 17.4 Å². The van der Waals surface area contributed by atoms with Crippen LogP contribution in [0.4, 0.5) is 0 Å². The first-order valence-electron chi connectivity index (χ1n) is 9.56. The average Bonchev–Trinajstić information content (AvgIpc) is 2.74. The number of fused-ring (bicyclic) bond motifs is 1. The minimum Gasteiger partial charge on any atom is -0.480 e. The normalized spacial score (nSPS) is 15.8. The zero-order valence-electron chi connectivity index (χ0n) is 16.6. The Balaban J connectivity index is 1.47. The second kappa shape index (κ2) is 7.59. The van der Waals surface area contributed by atoms with Crippen LogP contribution in [-0.4, -0.2) is 32.9 Å². The molecular formula is C23H21N3O4. The number of benzene rings is 1. The van der Waals surface area contributed by atoms with Gasteiger partial charge < -0.3 is 15.2 Å². The summed E-state index contributed by atoms with van der Waals surface area (Å²) in [6.45, 7) is 3.55. The van der Waals surface area contributed by atoms with Crippen molar-refractivity contribution < 1.29 is 19.4 Å². The van der Waals surface area contributed by atoms with Gasteiger partial charge in [0, 0.05) is 36.8 Å². The van der Waals surface area contributed by atoms with Crippen LogP contribution in [0.3, 0.4) is 0 Å². The molecule has 1 aromatic carbocycles. The molecule has 0 saturated carbocycles. The van der Waals surface area contributed by atoms with Gasteiger partial charge in [0.1, 0.15) is 11.8 Å². The topological polar surface area (TPSA) is 101 Å². The van der Waals surface area contributed by atoms with E-state index in [-0.39, 0.29) is 12.2 Å². The van der Waals surface area contributed by atoms with Crippen LogP contribution in [0.1, 0.15) is 19.4 Å². The lowest BCUT2D eigenvalue weighted by molar-refractivity contribution is -0.139. The molecule has 0 unspecified atom stereocenters. The third-order valence-electron chi connectivity index (χ3n) is 5.30. The van der Waals surface area contributed by atoms with E-state index >= 15 is 0 Å². The van der Waals surface area contributed by atoms with Gasteiger partial charge in [-0.1, -0.05) is 12.1 Å². The lowest BCUT2D eigenvalue weighted by Gasteiger charge is -2.35. The van der Waals surface area contributed by atoms with Crippen molar-refractivity contribution in [1.29, 1.82) is 0 Å². The first-order valence-corrected chi connectivity index (χ1v) is 9.56. The number of hydrogen-bond donors (Lipinski definition) is 2. The van der Waals surface area contributed by atoms with Crippen LogP contribution in [-0.2, 0) is 16.0 Å². The van der Waals surface area contributed by atoms with E-state index in [1.165, 1.54) is 6.08 Å². The van der Waals surface area contributed by atoms with Gasteiger partial charge in [-0.3, -0.25) is 9.78 Å². The molecule has 152 valence electrons. The number of nitrogens with zero attached hydrogens (tertiary/aromatic N) is 2. The van der Waals surface area contributed by atoms with Crippen LogP contribution in [0.25, 0.3) is 10.8 Å². The van der Waals surface area contributed by atoms with Crippen molar-refractivity contribution in [3.63, 3.8) is 0 Å². The lowest BCUT2D eigenvalue weighted by Crippen LogP contribution is -2.48. The molecule has 2 N–H and O–H groups in total. The minimum atomic E-state index is -0.973. The van der Waals surface area contributed by atoms with Crippen LogP contribution in [0.15, 0.2) is 66.8 Å². The van der Waals surface area contributed by atoms with E-state index in [1.807, 2.05) is 24.3 Å². The number of carbonyl (C=O) groups is 2. The number of pyridine rings is 2. The number of aliphatic carboxylic acids is 1. The maximum atomic E-state index is 11.7. The molecule has 2 aromatic heterocycles.